The molecule has 2 unspecified atom stereocenters. The number of hydrogen-bond acceptors (Lipinski definition) is 9. The summed E-state index contributed by atoms with van der Waals surface area (Å²) in [5, 5.41) is 32.6. The van der Waals surface area contributed by atoms with Crippen LogP contribution in [0.25, 0.3) is 22.2 Å². The molecule has 5 aromatic rings. The molecule has 0 aliphatic carbocycles. The molecule has 0 saturated heterocycles. The van der Waals surface area contributed by atoms with Crippen LogP contribution in [0.15, 0.2) is 60.9 Å². The van der Waals surface area contributed by atoms with E-state index in [1.807, 2.05) is 24.3 Å². The zero-order valence-electron chi connectivity index (χ0n) is 21.6. The second kappa shape index (κ2) is 11.3. The number of halogens is 2. The third-order valence-electron chi connectivity index (χ3n) is 6.47. The molecule has 13 heteroatoms. The molecule has 2 atom stereocenters. The zero-order valence-corrected chi connectivity index (χ0v) is 21.6. The Morgan fingerprint density at radius 1 is 1.07 bits per heavy atom. The Labute approximate surface area is 232 Å². The van der Waals surface area contributed by atoms with Gasteiger partial charge in [0, 0.05) is 11.8 Å². The summed E-state index contributed by atoms with van der Waals surface area (Å²) in [7, 11) is 0. The number of nitrogens with zero attached hydrogens (tertiary/aromatic N) is 5. The molecule has 3 aromatic heterocycles. The van der Waals surface area contributed by atoms with Crippen LogP contribution in [0.4, 0.5) is 20.4 Å². The highest BCUT2D eigenvalue weighted by molar-refractivity contribution is 5.97. The monoisotopic (exact) mass is 555 g/mol. The fraction of sp³-hybridized carbons (Fsp3) is 0.143. The quantitative estimate of drug-likeness (QED) is 0.190. The first-order chi connectivity index (χ1) is 19.8. The summed E-state index contributed by atoms with van der Waals surface area (Å²) in [6.07, 6.45) is 2.87. The van der Waals surface area contributed by atoms with Crippen molar-refractivity contribution in [1.29, 1.82) is 5.26 Å². The number of aromatic nitrogens is 5. The lowest BCUT2D eigenvalue weighted by Gasteiger charge is -2.20. The number of nitrogens with one attached hydrogen (secondary N) is 3. The number of aromatic amines is 1. The number of pyridine rings is 1. The van der Waals surface area contributed by atoms with E-state index in [0.717, 1.165) is 23.3 Å². The molecule has 1 amide bonds. The first-order valence-corrected chi connectivity index (χ1v) is 12.4. The summed E-state index contributed by atoms with van der Waals surface area (Å²) in [6, 6.07) is 12.9. The zero-order chi connectivity index (χ0) is 29.1. The molecule has 0 radical (unpaired) electrons. The molecule has 0 saturated carbocycles. The van der Waals surface area contributed by atoms with Crippen LogP contribution >= 0.6 is 0 Å². The summed E-state index contributed by atoms with van der Waals surface area (Å²) >= 11 is 0. The van der Waals surface area contributed by atoms with E-state index in [4.69, 9.17) is 5.73 Å². The molecule has 0 bridgehead atoms. The van der Waals surface area contributed by atoms with Gasteiger partial charge in [0.2, 0.25) is 0 Å². The predicted octanol–water partition coefficient (Wildman–Crippen LogP) is 3.78. The van der Waals surface area contributed by atoms with Gasteiger partial charge in [-0.25, -0.2) is 23.7 Å². The number of carbonyl (C=O) groups excluding carboxylic acids is 1. The number of nitrogens with two attached hydrogens (primary N) is 1. The first kappa shape index (κ1) is 27.1. The molecule has 0 aliphatic rings. The fourth-order valence-corrected chi connectivity index (χ4v) is 4.22. The van der Waals surface area contributed by atoms with Crippen molar-refractivity contribution >= 4 is 28.6 Å². The minimum absolute atomic E-state index is 0.0206. The number of hydrogen-bond donors (Lipinski definition) is 5. The average Bonchev–Trinajstić information content (AvgIpc) is 3.37. The minimum atomic E-state index is -1.04. The van der Waals surface area contributed by atoms with Crippen molar-refractivity contribution in [2.24, 2.45) is 0 Å². The molecular weight excluding hydrogens is 532 g/mol. The average molecular weight is 556 g/mol. The van der Waals surface area contributed by atoms with Gasteiger partial charge in [0.1, 0.15) is 11.9 Å². The Morgan fingerprint density at radius 3 is 2.54 bits per heavy atom. The van der Waals surface area contributed by atoms with Crippen molar-refractivity contribution in [2.45, 2.75) is 19.0 Å². The maximum absolute atomic E-state index is 13.7. The van der Waals surface area contributed by atoms with Crippen LogP contribution in [-0.2, 0) is 0 Å². The van der Waals surface area contributed by atoms with Gasteiger partial charge in [0.15, 0.2) is 34.5 Å². The largest absolute Gasteiger partial charge is 0.394 e. The van der Waals surface area contributed by atoms with Crippen molar-refractivity contribution in [3.8, 4) is 17.2 Å². The van der Waals surface area contributed by atoms with E-state index in [9.17, 15) is 23.9 Å². The van der Waals surface area contributed by atoms with Crippen LogP contribution in [0.2, 0.25) is 0 Å². The molecule has 5 rings (SSSR count). The second-order valence-corrected chi connectivity index (χ2v) is 9.17. The summed E-state index contributed by atoms with van der Waals surface area (Å²) in [5.41, 5.74) is 8.80. The van der Waals surface area contributed by atoms with Crippen LogP contribution in [0.5, 0.6) is 0 Å². The standard InChI is InChI=1S/C28H23F2N9O2/c1-14(17-6-7-21(29)22(30)9-17)35-28(41)24-27(34-12-19(10-31)36-24)37-23(13-40)16-4-2-15(3-5-16)18-8-20-25(32)38-39-26(20)33-11-18/h2-9,11-12,14,23,40H,13H2,1H3,(H,34,37)(H,35,41)(H3,32,33,38,39). The summed E-state index contributed by atoms with van der Waals surface area (Å²) in [5.74, 6) is -2.32. The van der Waals surface area contributed by atoms with Crippen molar-refractivity contribution in [2.75, 3.05) is 17.7 Å². The number of aliphatic hydroxyl groups excluding tert-OH is 1. The van der Waals surface area contributed by atoms with E-state index in [1.165, 1.54) is 12.3 Å². The van der Waals surface area contributed by atoms with E-state index in [0.29, 0.717) is 28.0 Å². The molecule has 6 N–H and O–H groups in total. The topological polar surface area (TPSA) is 179 Å². The molecule has 0 fully saturated rings. The van der Waals surface area contributed by atoms with Crippen LogP contribution in [0.3, 0.4) is 0 Å². The van der Waals surface area contributed by atoms with Crippen molar-refractivity contribution < 1.29 is 18.7 Å². The van der Waals surface area contributed by atoms with Gasteiger partial charge >= 0.3 is 0 Å². The van der Waals surface area contributed by atoms with Gasteiger partial charge in [-0.05, 0) is 41.8 Å². The number of carbonyl (C=O) groups is 1. The Balaban J connectivity index is 1.37. The van der Waals surface area contributed by atoms with Crippen LogP contribution in [0, 0.1) is 23.0 Å². The number of aliphatic hydroxyl groups is 1. The molecule has 206 valence electrons. The van der Waals surface area contributed by atoms with Gasteiger partial charge in [-0.1, -0.05) is 30.3 Å². The molecule has 0 spiro atoms. The number of fused-ring (bicyclic) bond motifs is 1. The van der Waals surface area contributed by atoms with Gasteiger partial charge in [-0.15, -0.1) is 0 Å². The number of benzene rings is 2. The number of anilines is 2. The third-order valence-corrected chi connectivity index (χ3v) is 6.47. The summed E-state index contributed by atoms with van der Waals surface area (Å²) in [6.45, 7) is 1.23. The van der Waals surface area contributed by atoms with E-state index in [-0.39, 0.29) is 23.8 Å². The molecule has 3 heterocycles. The van der Waals surface area contributed by atoms with Gasteiger partial charge < -0.3 is 21.5 Å². The minimum Gasteiger partial charge on any atom is -0.394 e. The van der Waals surface area contributed by atoms with E-state index >= 15 is 0 Å². The van der Waals surface area contributed by atoms with E-state index in [2.05, 4.69) is 35.8 Å². The van der Waals surface area contributed by atoms with E-state index in [1.54, 1.807) is 25.3 Å². The van der Waals surface area contributed by atoms with Crippen molar-refractivity contribution in [3.05, 3.63) is 95.1 Å². The Morgan fingerprint density at radius 2 is 1.83 bits per heavy atom. The molecule has 2 aromatic carbocycles. The first-order valence-electron chi connectivity index (χ1n) is 12.4. The van der Waals surface area contributed by atoms with Crippen molar-refractivity contribution in [1.82, 2.24) is 30.5 Å². The molecular formula is C28H23F2N9O2. The number of nitrogen functional groups attached to an aromatic ring is 1. The predicted molar refractivity (Wildman–Crippen MR) is 146 cm³/mol. The number of rotatable bonds is 8. The third kappa shape index (κ3) is 5.63. The van der Waals surface area contributed by atoms with Gasteiger partial charge in [0.25, 0.3) is 5.91 Å². The SMILES string of the molecule is CC(NC(=O)c1nc(C#N)cnc1NC(CO)c1ccc(-c2cnc3n[nH]c(N)c3c2)cc1)c1ccc(F)c(F)c1. The van der Waals surface area contributed by atoms with Gasteiger partial charge in [-0.2, -0.15) is 10.4 Å². The highest BCUT2D eigenvalue weighted by Crippen LogP contribution is 2.27. The summed E-state index contributed by atoms with van der Waals surface area (Å²) in [4.78, 5) is 25.7. The van der Waals surface area contributed by atoms with E-state index < -0.39 is 29.6 Å². The maximum atomic E-state index is 13.7. The Hall–Kier alpha value is -5.48. The number of amides is 1. The molecule has 0 aliphatic heterocycles. The normalized spacial score (nSPS) is 12.5. The highest BCUT2D eigenvalue weighted by Gasteiger charge is 2.22. The lowest BCUT2D eigenvalue weighted by molar-refractivity contribution is 0.0935. The van der Waals surface area contributed by atoms with Gasteiger partial charge in [-0.3, -0.25) is 9.89 Å². The fourth-order valence-electron chi connectivity index (χ4n) is 4.22. The molecule has 11 nitrogen and oxygen atoms in total. The number of nitriles is 1. The van der Waals surface area contributed by atoms with Crippen LogP contribution < -0.4 is 16.4 Å². The lowest BCUT2D eigenvalue weighted by atomic mass is 10.0. The second-order valence-electron chi connectivity index (χ2n) is 9.17. The lowest BCUT2D eigenvalue weighted by Crippen LogP contribution is -2.29. The van der Waals surface area contributed by atoms with Crippen molar-refractivity contribution in [3.63, 3.8) is 0 Å². The highest BCUT2D eigenvalue weighted by atomic mass is 19.2. The summed E-state index contributed by atoms with van der Waals surface area (Å²) < 4.78 is 27.0. The smallest absolute Gasteiger partial charge is 0.274 e. The van der Waals surface area contributed by atoms with Gasteiger partial charge in [0.05, 0.1) is 30.3 Å². The maximum Gasteiger partial charge on any atom is 0.274 e. The Kier molecular flexibility index (Phi) is 7.49. The number of H-pyrrole nitrogens is 1. The van der Waals surface area contributed by atoms with Crippen LogP contribution in [0.1, 0.15) is 46.3 Å². The Bertz CT molecular complexity index is 1780. The molecule has 41 heavy (non-hydrogen) atoms. The van der Waals surface area contributed by atoms with Crippen LogP contribution in [-0.4, -0.2) is 42.8 Å².